The topological polar surface area (TPSA) is 83.3 Å². The monoisotopic (exact) mass is 202 g/mol. The second-order valence-corrected chi connectivity index (χ2v) is 3.02. The molecule has 4 N–H and O–H groups in total. The molecule has 0 atom stereocenters. The molecular weight excluding hydrogens is 192 g/mol. The van der Waals surface area contributed by atoms with Crippen molar-refractivity contribution in [2.45, 2.75) is 0 Å². The number of urea groups is 1. The van der Waals surface area contributed by atoms with E-state index in [0.717, 1.165) is 16.5 Å². The van der Waals surface area contributed by atoms with Gasteiger partial charge in [-0.3, -0.25) is 0 Å². The molecule has 76 valence electrons. The molecule has 0 spiro atoms. The van der Waals surface area contributed by atoms with Crippen LogP contribution in [0.15, 0.2) is 35.6 Å². The first-order valence-corrected chi connectivity index (χ1v) is 4.42. The summed E-state index contributed by atoms with van der Waals surface area (Å²) in [4.78, 5) is 13.5. The molecule has 1 aromatic carbocycles. The van der Waals surface area contributed by atoms with Gasteiger partial charge in [-0.15, -0.1) is 0 Å². The van der Waals surface area contributed by atoms with Crippen molar-refractivity contribution >= 4 is 23.1 Å². The van der Waals surface area contributed by atoms with E-state index >= 15 is 0 Å². The number of amides is 2. The number of primary amides is 1. The molecular formula is C10H10N4O. The average Bonchev–Trinajstić information content (AvgIpc) is 2.62. The number of rotatable bonds is 2. The van der Waals surface area contributed by atoms with Crippen LogP contribution in [-0.2, 0) is 0 Å². The zero-order valence-corrected chi connectivity index (χ0v) is 7.90. The number of aromatic amines is 1. The number of para-hydroxylation sites is 1. The molecule has 1 aromatic heterocycles. The Bertz CT molecular complexity index is 515. The van der Waals surface area contributed by atoms with Crippen LogP contribution in [0.5, 0.6) is 0 Å². The Labute approximate surface area is 86.0 Å². The quantitative estimate of drug-likeness (QED) is 0.495. The number of benzene rings is 1. The molecule has 0 aliphatic carbocycles. The summed E-state index contributed by atoms with van der Waals surface area (Å²) in [7, 11) is 0. The maximum atomic E-state index is 10.4. The average molecular weight is 202 g/mol. The maximum Gasteiger partial charge on any atom is 0.332 e. The van der Waals surface area contributed by atoms with Crippen LogP contribution in [0.25, 0.3) is 10.9 Å². The molecule has 0 aliphatic rings. The number of nitrogens with one attached hydrogen (secondary N) is 2. The molecule has 0 saturated carbocycles. The molecule has 1 heterocycles. The number of hydrogen-bond donors (Lipinski definition) is 3. The number of carbonyl (C=O) groups is 1. The summed E-state index contributed by atoms with van der Waals surface area (Å²) in [6.07, 6.45) is 3.36. The van der Waals surface area contributed by atoms with Gasteiger partial charge >= 0.3 is 6.03 Å². The molecule has 0 aliphatic heterocycles. The van der Waals surface area contributed by atoms with E-state index in [1.807, 2.05) is 30.5 Å². The molecule has 15 heavy (non-hydrogen) atoms. The number of aromatic nitrogens is 1. The highest BCUT2D eigenvalue weighted by Crippen LogP contribution is 2.15. The summed E-state index contributed by atoms with van der Waals surface area (Å²) >= 11 is 0. The number of hydrogen-bond acceptors (Lipinski definition) is 2. The molecule has 0 radical (unpaired) electrons. The van der Waals surface area contributed by atoms with Crippen LogP contribution in [-0.4, -0.2) is 17.2 Å². The second kappa shape index (κ2) is 3.83. The van der Waals surface area contributed by atoms with E-state index < -0.39 is 6.03 Å². The van der Waals surface area contributed by atoms with Crippen LogP contribution >= 0.6 is 0 Å². The third-order valence-corrected chi connectivity index (χ3v) is 2.00. The van der Waals surface area contributed by atoms with Gasteiger partial charge in [0.05, 0.1) is 6.21 Å². The largest absolute Gasteiger partial charge is 0.361 e. The Balaban J connectivity index is 2.28. The molecule has 0 saturated heterocycles. The number of hydrazone groups is 1. The van der Waals surface area contributed by atoms with Crippen molar-refractivity contribution in [3.8, 4) is 0 Å². The summed E-state index contributed by atoms with van der Waals surface area (Å²) in [5, 5.41) is 4.74. The minimum atomic E-state index is -0.675. The highest BCUT2D eigenvalue weighted by atomic mass is 16.2. The smallest absolute Gasteiger partial charge is 0.332 e. The van der Waals surface area contributed by atoms with Gasteiger partial charge in [0.2, 0.25) is 0 Å². The third kappa shape index (κ3) is 1.96. The van der Waals surface area contributed by atoms with Crippen molar-refractivity contribution < 1.29 is 4.79 Å². The first-order valence-electron chi connectivity index (χ1n) is 4.42. The Morgan fingerprint density at radius 3 is 3.07 bits per heavy atom. The van der Waals surface area contributed by atoms with E-state index in [9.17, 15) is 4.79 Å². The van der Waals surface area contributed by atoms with E-state index in [1.54, 1.807) is 6.21 Å². The molecule has 0 bridgehead atoms. The Morgan fingerprint density at radius 2 is 2.27 bits per heavy atom. The van der Waals surface area contributed by atoms with Gasteiger partial charge in [0.15, 0.2) is 0 Å². The summed E-state index contributed by atoms with van der Waals surface area (Å²) in [6, 6.07) is 7.15. The van der Waals surface area contributed by atoms with Gasteiger partial charge in [-0.25, -0.2) is 10.2 Å². The molecule has 0 unspecified atom stereocenters. The van der Waals surface area contributed by atoms with Crippen molar-refractivity contribution in [1.82, 2.24) is 10.4 Å². The number of carbonyl (C=O) groups excluding carboxylic acids is 1. The van der Waals surface area contributed by atoms with Crippen LogP contribution < -0.4 is 11.2 Å². The Morgan fingerprint density at radius 1 is 1.47 bits per heavy atom. The van der Waals surface area contributed by atoms with E-state index in [4.69, 9.17) is 5.73 Å². The minimum Gasteiger partial charge on any atom is -0.361 e. The second-order valence-electron chi connectivity index (χ2n) is 3.02. The van der Waals surface area contributed by atoms with Gasteiger partial charge in [0.1, 0.15) is 0 Å². The van der Waals surface area contributed by atoms with E-state index in [1.165, 1.54) is 0 Å². The van der Waals surface area contributed by atoms with Crippen LogP contribution in [0.2, 0.25) is 0 Å². The predicted octanol–water partition coefficient (Wildman–Crippen LogP) is 1.17. The lowest BCUT2D eigenvalue weighted by atomic mass is 10.2. The standard InChI is InChI=1S/C10H10N4O/c11-10(15)14-13-6-7-5-12-9-4-2-1-3-8(7)9/h1-6,12H,(H3,11,14,15)/b13-6+. The first kappa shape index (κ1) is 9.26. The van der Waals surface area contributed by atoms with Gasteiger partial charge in [0.25, 0.3) is 0 Å². The fourth-order valence-electron chi connectivity index (χ4n) is 1.37. The van der Waals surface area contributed by atoms with Crippen molar-refractivity contribution in [1.29, 1.82) is 0 Å². The summed E-state index contributed by atoms with van der Waals surface area (Å²) in [5.41, 5.74) is 8.94. The maximum absolute atomic E-state index is 10.4. The van der Waals surface area contributed by atoms with Crippen LogP contribution in [0.1, 0.15) is 5.56 Å². The van der Waals surface area contributed by atoms with Gasteiger partial charge in [0, 0.05) is 22.7 Å². The lowest BCUT2D eigenvalue weighted by molar-refractivity contribution is 0.249. The molecule has 2 amide bonds. The summed E-state index contributed by atoms with van der Waals surface area (Å²) in [5.74, 6) is 0. The van der Waals surface area contributed by atoms with Crippen molar-refractivity contribution in [2.75, 3.05) is 0 Å². The zero-order chi connectivity index (χ0) is 10.7. The fraction of sp³-hybridized carbons (Fsp3) is 0. The Hall–Kier alpha value is -2.30. The fourth-order valence-corrected chi connectivity index (χ4v) is 1.37. The predicted molar refractivity (Wildman–Crippen MR) is 58.6 cm³/mol. The van der Waals surface area contributed by atoms with Crippen LogP contribution in [0.4, 0.5) is 4.79 Å². The molecule has 5 heteroatoms. The lowest BCUT2D eigenvalue weighted by Crippen LogP contribution is -2.24. The van der Waals surface area contributed by atoms with Crippen molar-refractivity contribution in [3.63, 3.8) is 0 Å². The SMILES string of the molecule is NC(=O)N/N=C/c1c[nH]c2ccccc12. The molecule has 5 nitrogen and oxygen atoms in total. The van der Waals surface area contributed by atoms with Crippen molar-refractivity contribution in [3.05, 3.63) is 36.0 Å². The van der Waals surface area contributed by atoms with E-state index in [-0.39, 0.29) is 0 Å². The zero-order valence-electron chi connectivity index (χ0n) is 7.90. The lowest BCUT2D eigenvalue weighted by Gasteiger charge is -1.91. The summed E-state index contributed by atoms with van der Waals surface area (Å²) in [6.45, 7) is 0. The van der Waals surface area contributed by atoms with Crippen molar-refractivity contribution in [2.24, 2.45) is 10.8 Å². The van der Waals surface area contributed by atoms with Gasteiger partial charge < -0.3 is 10.7 Å². The van der Waals surface area contributed by atoms with E-state index in [0.29, 0.717) is 0 Å². The van der Waals surface area contributed by atoms with Crippen LogP contribution in [0, 0.1) is 0 Å². The molecule has 0 fully saturated rings. The third-order valence-electron chi connectivity index (χ3n) is 2.00. The minimum absolute atomic E-state index is 0.675. The Kier molecular flexibility index (Phi) is 2.37. The normalized spacial score (nSPS) is 10.9. The number of nitrogens with zero attached hydrogens (tertiary/aromatic N) is 1. The van der Waals surface area contributed by atoms with Crippen LogP contribution in [0.3, 0.4) is 0 Å². The molecule has 2 aromatic rings. The van der Waals surface area contributed by atoms with Gasteiger partial charge in [-0.1, -0.05) is 18.2 Å². The van der Waals surface area contributed by atoms with Gasteiger partial charge in [-0.2, -0.15) is 5.10 Å². The number of nitrogens with two attached hydrogens (primary N) is 1. The number of fused-ring (bicyclic) bond motifs is 1. The van der Waals surface area contributed by atoms with E-state index in [2.05, 4.69) is 15.5 Å². The summed E-state index contributed by atoms with van der Waals surface area (Å²) < 4.78 is 0. The van der Waals surface area contributed by atoms with Gasteiger partial charge in [-0.05, 0) is 6.07 Å². The molecule has 2 rings (SSSR count). The highest BCUT2D eigenvalue weighted by molar-refractivity contribution is 5.99. The number of H-pyrrole nitrogens is 1. The highest BCUT2D eigenvalue weighted by Gasteiger charge is 1.99. The first-order chi connectivity index (χ1) is 7.27.